The molecule has 1 aromatic rings. The van der Waals surface area contributed by atoms with Crippen LogP contribution in [0.15, 0.2) is 18.2 Å². The van der Waals surface area contributed by atoms with Gasteiger partial charge in [0.1, 0.15) is 13.2 Å². The van der Waals surface area contributed by atoms with Gasteiger partial charge in [-0.05, 0) is 12.1 Å². The van der Waals surface area contributed by atoms with E-state index in [2.05, 4.69) is 4.98 Å². The summed E-state index contributed by atoms with van der Waals surface area (Å²) in [5.74, 6) is -1.06. The summed E-state index contributed by atoms with van der Waals surface area (Å²) in [6, 6.07) is 4.83. The van der Waals surface area contributed by atoms with Crippen LogP contribution < -0.4 is 10.6 Å². The molecule has 0 aliphatic heterocycles. The molecule has 0 aliphatic carbocycles. The molecule has 0 spiro atoms. The fourth-order valence-corrected chi connectivity index (χ4v) is 1.33. The van der Waals surface area contributed by atoms with E-state index in [0.29, 0.717) is 11.4 Å². The van der Waals surface area contributed by atoms with Gasteiger partial charge >= 0.3 is 12.2 Å². The number of hydrogen-bond acceptors (Lipinski definition) is 7. The van der Waals surface area contributed by atoms with Crippen LogP contribution in [0.25, 0.3) is 0 Å². The topological polar surface area (TPSA) is 124 Å². The monoisotopic (exact) mass is 309 g/mol. The molecule has 0 saturated carbocycles. The van der Waals surface area contributed by atoms with Crippen LogP contribution in [-0.4, -0.2) is 29.0 Å². The van der Waals surface area contributed by atoms with E-state index in [-0.39, 0.29) is 13.2 Å². The lowest BCUT2D eigenvalue weighted by Gasteiger charge is -2.07. The Morgan fingerprint density at radius 3 is 1.68 bits per heavy atom. The quantitative estimate of drug-likeness (QED) is 0.835. The van der Waals surface area contributed by atoms with Crippen molar-refractivity contribution in [3.05, 3.63) is 29.6 Å². The van der Waals surface area contributed by atoms with Crippen LogP contribution in [0, 0.1) is 0 Å². The van der Waals surface area contributed by atoms with Gasteiger partial charge in [-0.2, -0.15) is 0 Å². The van der Waals surface area contributed by atoms with E-state index < -0.39 is 24.0 Å². The molecule has 9 heteroatoms. The van der Waals surface area contributed by atoms with E-state index in [1.807, 2.05) is 10.6 Å². The number of amides is 4. The number of carbonyl (C=O) groups excluding carboxylic acids is 4. The molecule has 0 radical (unpaired) electrons. The van der Waals surface area contributed by atoms with Crippen molar-refractivity contribution in [1.82, 2.24) is 15.6 Å². The lowest BCUT2D eigenvalue weighted by Crippen LogP contribution is -2.29. The number of pyridine rings is 1. The Balaban J connectivity index is 2.48. The highest BCUT2D eigenvalue weighted by Gasteiger charge is 2.08. The smallest absolute Gasteiger partial charge is 0.414 e. The van der Waals surface area contributed by atoms with Crippen molar-refractivity contribution in [3.63, 3.8) is 0 Å². The maximum atomic E-state index is 11.1. The van der Waals surface area contributed by atoms with Gasteiger partial charge in [0.15, 0.2) is 0 Å². The molecule has 0 aliphatic rings. The Labute approximate surface area is 126 Å². The van der Waals surface area contributed by atoms with Crippen molar-refractivity contribution in [3.8, 4) is 0 Å². The predicted octanol–water partition coefficient (Wildman–Crippen LogP) is 0.627. The third kappa shape index (κ3) is 6.98. The minimum atomic E-state index is -0.878. The van der Waals surface area contributed by atoms with Crippen molar-refractivity contribution in [2.24, 2.45) is 0 Å². The molecule has 1 aromatic heterocycles. The van der Waals surface area contributed by atoms with Gasteiger partial charge in [-0.3, -0.25) is 25.2 Å². The fraction of sp³-hybridized carbons (Fsp3) is 0.308. The standard InChI is InChI=1S/C13H15N3O6/c1-8(17)14-12(19)21-6-10-4-3-5-11(16-10)7-22-13(20)15-9(2)18/h3-5H,6-7H2,1-2H3,(H,14,17,19)(H,15,18,20). The van der Waals surface area contributed by atoms with Crippen molar-refractivity contribution < 1.29 is 28.7 Å². The third-order valence-electron chi connectivity index (χ3n) is 2.12. The first-order valence-electron chi connectivity index (χ1n) is 6.20. The second kappa shape index (κ2) is 8.35. The number of imide groups is 2. The van der Waals surface area contributed by atoms with Gasteiger partial charge in [-0.15, -0.1) is 0 Å². The normalized spacial score (nSPS) is 9.55. The molecule has 0 fully saturated rings. The SMILES string of the molecule is CC(=O)NC(=O)OCc1cccc(COC(=O)NC(C)=O)n1. The number of nitrogens with zero attached hydrogens (tertiary/aromatic N) is 1. The van der Waals surface area contributed by atoms with Gasteiger partial charge in [-0.1, -0.05) is 6.07 Å². The number of nitrogens with one attached hydrogen (secondary N) is 2. The molecule has 4 amide bonds. The van der Waals surface area contributed by atoms with E-state index in [0.717, 1.165) is 0 Å². The summed E-state index contributed by atoms with van der Waals surface area (Å²) in [5, 5.41) is 3.90. The lowest BCUT2D eigenvalue weighted by molar-refractivity contribution is -0.119. The van der Waals surface area contributed by atoms with E-state index in [1.54, 1.807) is 18.2 Å². The molecular weight excluding hydrogens is 294 g/mol. The predicted molar refractivity (Wildman–Crippen MR) is 72.2 cm³/mol. The van der Waals surface area contributed by atoms with Crippen LogP contribution in [0.3, 0.4) is 0 Å². The molecule has 0 bridgehead atoms. The Bertz CT molecular complexity index is 540. The maximum Gasteiger partial charge on any atom is 0.414 e. The second-order valence-corrected chi connectivity index (χ2v) is 4.13. The summed E-state index contributed by atoms with van der Waals surface area (Å²) >= 11 is 0. The zero-order valence-corrected chi connectivity index (χ0v) is 12.0. The molecule has 0 saturated heterocycles. The van der Waals surface area contributed by atoms with Gasteiger partial charge in [0.05, 0.1) is 11.4 Å². The van der Waals surface area contributed by atoms with Crippen molar-refractivity contribution >= 4 is 24.0 Å². The number of rotatable bonds is 4. The maximum absolute atomic E-state index is 11.1. The van der Waals surface area contributed by atoms with Crippen molar-refractivity contribution in [1.29, 1.82) is 0 Å². The molecule has 9 nitrogen and oxygen atoms in total. The highest BCUT2D eigenvalue weighted by molar-refractivity contribution is 5.90. The second-order valence-electron chi connectivity index (χ2n) is 4.13. The summed E-state index contributed by atoms with van der Waals surface area (Å²) in [7, 11) is 0. The lowest BCUT2D eigenvalue weighted by atomic mass is 10.3. The summed E-state index contributed by atoms with van der Waals surface area (Å²) < 4.78 is 9.55. The molecule has 22 heavy (non-hydrogen) atoms. The summed E-state index contributed by atoms with van der Waals surface area (Å²) in [6.07, 6.45) is -1.76. The van der Waals surface area contributed by atoms with Crippen LogP contribution >= 0.6 is 0 Å². The van der Waals surface area contributed by atoms with Crippen molar-refractivity contribution in [2.75, 3.05) is 0 Å². The first-order valence-corrected chi connectivity index (χ1v) is 6.20. The average molecular weight is 309 g/mol. The highest BCUT2D eigenvalue weighted by atomic mass is 16.6. The molecular formula is C13H15N3O6. The Morgan fingerprint density at radius 1 is 0.909 bits per heavy atom. The first-order chi connectivity index (χ1) is 10.4. The Hall–Kier alpha value is -2.97. The minimum Gasteiger partial charge on any atom is -0.443 e. The summed E-state index contributed by atoms with van der Waals surface area (Å²) in [5.41, 5.74) is 0.818. The van der Waals surface area contributed by atoms with Gasteiger partial charge in [0, 0.05) is 13.8 Å². The number of alkyl carbamates (subject to hydrolysis) is 2. The van der Waals surface area contributed by atoms with Gasteiger partial charge in [0.25, 0.3) is 0 Å². The Morgan fingerprint density at radius 2 is 1.32 bits per heavy atom. The molecule has 0 unspecified atom stereocenters. The summed E-state index contributed by atoms with van der Waals surface area (Å²) in [6.45, 7) is 2.08. The van der Waals surface area contributed by atoms with Gasteiger partial charge in [-0.25, -0.2) is 9.59 Å². The van der Waals surface area contributed by atoms with Gasteiger partial charge in [0.2, 0.25) is 11.8 Å². The minimum absolute atomic E-state index is 0.146. The zero-order valence-electron chi connectivity index (χ0n) is 12.0. The molecule has 118 valence electrons. The van der Waals surface area contributed by atoms with Crippen molar-refractivity contribution in [2.45, 2.75) is 27.1 Å². The number of hydrogen-bond donors (Lipinski definition) is 2. The number of aromatic nitrogens is 1. The third-order valence-corrected chi connectivity index (χ3v) is 2.12. The van der Waals surface area contributed by atoms with E-state index >= 15 is 0 Å². The molecule has 1 rings (SSSR count). The number of carbonyl (C=O) groups is 4. The first kappa shape index (κ1) is 17.1. The molecule has 1 heterocycles. The molecule has 0 atom stereocenters. The fourth-order valence-electron chi connectivity index (χ4n) is 1.33. The summed E-state index contributed by atoms with van der Waals surface area (Å²) in [4.78, 5) is 47.6. The van der Waals surface area contributed by atoms with Gasteiger partial charge < -0.3 is 9.47 Å². The van der Waals surface area contributed by atoms with E-state index in [4.69, 9.17) is 9.47 Å². The van der Waals surface area contributed by atoms with Crippen LogP contribution in [0.5, 0.6) is 0 Å². The van der Waals surface area contributed by atoms with E-state index in [9.17, 15) is 19.2 Å². The molecule has 2 N–H and O–H groups in total. The van der Waals surface area contributed by atoms with Crippen LogP contribution in [0.1, 0.15) is 25.2 Å². The largest absolute Gasteiger partial charge is 0.443 e. The Kier molecular flexibility index (Phi) is 6.48. The van der Waals surface area contributed by atoms with Crippen LogP contribution in [0.4, 0.5) is 9.59 Å². The molecule has 0 aromatic carbocycles. The van der Waals surface area contributed by atoms with E-state index in [1.165, 1.54) is 13.8 Å². The number of ether oxygens (including phenoxy) is 2. The average Bonchev–Trinajstić information content (AvgIpc) is 2.42. The van der Waals surface area contributed by atoms with Crippen LogP contribution in [-0.2, 0) is 32.3 Å². The van der Waals surface area contributed by atoms with Crippen LogP contribution in [0.2, 0.25) is 0 Å². The highest BCUT2D eigenvalue weighted by Crippen LogP contribution is 2.03. The zero-order chi connectivity index (χ0) is 16.5.